The first-order valence-electron chi connectivity index (χ1n) is 4.79. The zero-order valence-electron chi connectivity index (χ0n) is 8.96. The van der Waals surface area contributed by atoms with Crippen molar-refractivity contribution in [2.24, 2.45) is 5.84 Å². The number of anilines is 2. The summed E-state index contributed by atoms with van der Waals surface area (Å²) >= 11 is 5.87. The Morgan fingerprint density at radius 2 is 2.17 bits per heavy atom. The van der Waals surface area contributed by atoms with Gasteiger partial charge in [-0.3, -0.25) is 10.1 Å². The SMILES string of the molecule is NNc1ccc(Cl)c(C(=O)Nc2nccnn2)n1. The molecule has 2 aromatic rings. The lowest BCUT2D eigenvalue weighted by Gasteiger charge is -2.05. The summed E-state index contributed by atoms with van der Waals surface area (Å²) in [6.07, 6.45) is 2.79. The Hall–Kier alpha value is -2.32. The quantitative estimate of drug-likeness (QED) is 0.545. The van der Waals surface area contributed by atoms with E-state index in [9.17, 15) is 4.79 Å². The van der Waals surface area contributed by atoms with Crippen LogP contribution < -0.4 is 16.6 Å². The van der Waals surface area contributed by atoms with Gasteiger partial charge in [0.05, 0.1) is 17.4 Å². The first kappa shape index (κ1) is 12.1. The minimum Gasteiger partial charge on any atom is -0.308 e. The number of hydrogen-bond acceptors (Lipinski definition) is 7. The number of carbonyl (C=O) groups is 1. The molecule has 1 amide bonds. The number of carbonyl (C=O) groups excluding carboxylic acids is 1. The van der Waals surface area contributed by atoms with Gasteiger partial charge >= 0.3 is 0 Å². The highest BCUT2D eigenvalue weighted by Crippen LogP contribution is 2.16. The second-order valence-electron chi connectivity index (χ2n) is 3.09. The fourth-order valence-electron chi connectivity index (χ4n) is 1.15. The molecule has 0 radical (unpaired) electrons. The maximum atomic E-state index is 11.9. The lowest BCUT2D eigenvalue weighted by atomic mass is 10.3. The van der Waals surface area contributed by atoms with E-state index in [1.54, 1.807) is 6.07 Å². The van der Waals surface area contributed by atoms with Crippen LogP contribution in [0.2, 0.25) is 5.02 Å². The molecule has 0 unspecified atom stereocenters. The smallest absolute Gasteiger partial charge is 0.278 e. The molecule has 9 heteroatoms. The van der Waals surface area contributed by atoms with E-state index < -0.39 is 5.91 Å². The summed E-state index contributed by atoms with van der Waals surface area (Å²) in [7, 11) is 0. The highest BCUT2D eigenvalue weighted by atomic mass is 35.5. The Morgan fingerprint density at radius 1 is 1.33 bits per heavy atom. The van der Waals surface area contributed by atoms with E-state index >= 15 is 0 Å². The van der Waals surface area contributed by atoms with Crippen LogP contribution in [0.15, 0.2) is 24.5 Å². The van der Waals surface area contributed by atoms with Gasteiger partial charge in [-0.1, -0.05) is 11.6 Å². The third-order valence-corrected chi connectivity index (χ3v) is 2.22. The fourth-order valence-corrected chi connectivity index (χ4v) is 1.34. The number of aromatic nitrogens is 4. The van der Waals surface area contributed by atoms with E-state index in [4.69, 9.17) is 17.4 Å². The fraction of sp³-hybridized carbons (Fsp3) is 0. The summed E-state index contributed by atoms with van der Waals surface area (Å²) in [6.45, 7) is 0. The standard InChI is InChI=1S/C9H8ClN7O/c10-5-1-2-6(16-11)14-7(5)8(18)15-9-12-3-4-13-17-9/h1-4H,11H2,(H,14,16)(H,12,15,17,18). The predicted molar refractivity (Wildman–Crippen MR) is 64.8 cm³/mol. The van der Waals surface area contributed by atoms with Gasteiger partial charge in [0.2, 0.25) is 5.95 Å². The van der Waals surface area contributed by atoms with Gasteiger partial charge < -0.3 is 5.43 Å². The summed E-state index contributed by atoms with van der Waals surface area (Å²) in [5, 5.41) is 9.79. The van der Waals surface area contributed by atoms with E-state index in [1.807, 2.05) is 0 Å². The molecule has 0 spiro atoms. The van der Waals surface area contributed by atoms with Gasteiger partial charge in [0.1, 0.15) is 11.5 Å². The second-order valence-corrected chi connectivity index (χ2v) is 3.50. The van der Waals surface area contributed by atoms with Gasteiger partial charge in [0.15, 0.2) is 0 Å². The molecule has 92 valence electrons. The number of halogens is 1. The molecule has 0 saturated carbocycles. The van der Waals surface area contributed by atoms with Crippen molar-refractivity contribution in [2.75, 3.05) is 10.7 Å². The summed E-state index contributed by atoms with van der Waals surface area (Å²) in [6, 6.07) is 3.04. The minimum atomic E-state index is -0.551. The van der Waals surface area contributed by atoms with Crippen LogP contribution >= 0.6 is 11.6 Å². The number of nitrogens with one attached hydrogen (secondary N) is 2. The molecule has 0 fully saturated rings. The van der Waals surface area contributed by atoms with Crippen molar-refractivity contribution in [3.05, 3.63) is 35.2 Å². The normalized spacial score (nSPS) is 9.89. The largest absolute Gasteiger partial charge is 0.308 e. The average Bonchev–Trinajstić information content (AvgIpc) is 2.40. The van der Waals surface area contributed by atoms with Gasteiger partial charge in [0, 0.05) is 0 Å². The predicted octanol–water partition coefficient (Wildman–Crippen LogP) is 0.458. The molecule has 0 aliphatic heterocycles. The van der Waals surface area contributed by atoms with Crippen molar-refractivity contribution in [3.63, 3.8) is 0 Å². The topological polar surface area (TPSA) is 119 Å². The number of hydrogen-bond donors (Lipinski definition) is 3. The average molecular weight is 266 g/mol. The van der Waals surface area contributed by atoms with Crippen LogP contribution in [0.5, 0.6) is 0 Å². The van der Waals surface area contributed by atoms with Crippen molar-refractivity contribution in [2.45, 2.75) is 0 Å². The molecule has 2 heterocycles. The molecule has 0 saturated heterocycles. The van der Waals surface area contributed by atoms with E-state index in [-0.39, 0.29) is 16.7 Å². The number of rotatable bonds is 3. The minimum absolute atomic E-state index is 0.0135. The molecule has 0 aliphatic rings. The first-order valence-corrected chi connectivity index (χ1v) is 5.16. The lowest BCUT2D eigenvalue weighted by molar-refractivity contribution is 0.102. The van der Waals surface area contributed by atoms with Crippen molar-refractivity contribution < 1.29 is 4.79 Å². The number of nitrogens with zero attached hydrogens (tertiary/aromatic N) is 4. The number of amides is 1. The van der Waals surface area contributed by atoms with Crippen LogP contribution in [0.25, 0.3) is 0 Å². The van der Waals surface area contributed by atoms with Crippen molar-refractivity contribution in [1.29, 1.82) is 0 Å². The lowest BCUT2D eigenvalue weighted by Crippen LogP contribution is -2.18. The van der Waals surface area contributed by atoms with Crippen LogP contribution in [-0.2, 0) is 0 Å². The Bertz CT molecular complexity index is 562. The monoisotopic (exact) mass is 265 g/mol. The Labute approximate surface area is 107 Å². The van der Waals surface area contributed by atoms with E-state index in [1.165, 1.54) is 18.5 Å². The summed E-state index contributed by atoms with van der Waals surface area (Å²) in [4.78, 5) is 19.6. The van der Waals surface area contributed by atoms with Crippen molar-refractivity contribution >= 4 is 29.3 Å². The summed E-state index contributed by atoms with van der Waals surface area (Å²) < 4.78 is 0. The molecule has 0 atom stereocenters. The number of pyridine rings is 1. The van der Waals surface area contributed by atoms with E-state index in [0.29, 0.717) is 5.82 Å². The molecular weight excluding hydrogens is 258 g/mol. The number of nitrogen functional groups attached to an aromatic ring is 1. The van der Waals surface area contributed by atoms with Crippen LogP contribution in [0.1, 0.15) is 10.5 Å². The highest BCUT2D eigenvalue weighted by Gasteiger charge is 2.14. The highest BCUT2D eigenvalue weighted by molar-refractivity contribution is 6.34. The molecule has 0 aromatic carbocycles. The van der Waals surface area contributed by atoms with Gasteiger partial charge in [0.25, 0.3) is 5.91 Å². The van der Waals surface area contributed by atoms with Gasteiger partial charge in [-0.15, -0.1) is 5.10 Å². The zero-order chi connectivity index (χ0) is 13.0. The Kier molecular flexibility index (Phi) is 3.60. The Morgan fingerprint density at radius 3 is 2.83 bits per heavy atom. The third kappa shape index (κ3) is 2.67. The molecule has 18 heavy (non-hydrogen) atoms. The molecule has 8 nitrogen and oxygen atoms in total. The zero-order valence-corrected chi connectivity index (χ0v) is 9.72. The molecule has 4 N–H and O–H groups in total. The molecule has 0 bridgehead atoms. The molecular formula is C9H8ClN7O. The molecule has 2 aromatic heterocycles. The van der Waals surface area contributed by atoms with Crippen LogP contribution in [-0.4, -0.2) is 26.1 Å². The van der Waals surface area contributed by atoms with E-state index in [0.717, 1.165) is 0 Å². The second kappa shape index (κ2) is 5.34. The number of hydrazine groups is 1. The van der Waals surface area contributed by atoms with Crippen molar-refractivity contribution in [3.8, 4) is 0 Å². The van der Waals surface area contributed by atoms with E-state index in [2.05, 4.69) is 30.9 Å². The Balaban J connectivity index is 2.23. The summed E-state index contributed by atoms with van der Waals surface area (Å²) in [5.41, 5.74) is 2.33. The molecule has 0 aliphatic carbocycles. The summed E-state index contributed by atoms with van der Waals surface area (Å²) in [5.74, 6) is 5.03. The van der Waals surface area contributed by atoms with Crippen molar-refractivity contribution in [1.82, 2.24) is 20.2 Å². The maximum absolute atomic E-state index is 11.9. The molecule has 2 rings (SSSR count). The third-order valence-electron chi connectivity index (χ3n) is 1.92. The van der Waals surface area contributed by atoms with Gasteiger partial charge in [-0.25, -0.2) is 15.8 Å². The van der Waals surface area contributed by atoms with Gasteiger partial charge in [-0.2, -0.15) is 5.10 Å². The maximum Gasteiger partial charge on any atom is 0.278 e. The first-order chi connectivity index (χ1) is 8.70. The van der Waals surface area contributed by atoms with Crippen LogP contribution in [0.3, 0.4) is 0 Å². The number of nitrogens with two attached hydrogens (primary N) is 1. The van der Waals surface area contributed by atoms with Crippen LogP contribution in [0.4, 0.5) is 11.8 Å². The van der Waals surface area contributed by atoms with Gasteiger partial charge in [-0.05, 0) is 12.1 Å². The van der Waals surface area contributed by atoms with Crippen LogP contribution in [0, 0.1) is 0 Å².